The number of carbonyl (C=O) groups excluding carboxylic acids is 1. The summed E-state index contributed by atoms with van der Waals surface area (Å²) in [6.45, 7) is 5.94. The first-order chi connectivity index (χ1) is 25.7. The van der Waals surface area contributed by atoms with Crippen LogP contribution in [0, 0.1) is 58.2 Å². The van der Waals surface area contributed by atoms with Gasteiger partial charge in [0.25, 0.3) is 0 Å². The van der Waals surface area contributed by atoms with E-state index in [1.54, 1.807) is 11.1 Å². The number of hydrogen-bond donors (Lipinski definition) is 2. The highest BCUT2D eigenvalue weighted by molar-refractivity contribution is 8.22. The molecule has 12 atom stereocenters. The molecule has 3 heterocycles. The number of ether oxygens (including phenoxy) is 2. The third-order valence-electron chi connectivity index (χ3n) is 17.7. The Kier molecular flexibility index (Phi) is 12.0. The summed E-state index contributed by atoms with van der Waals surface area (Å²) in [7, 11) is 0. The van der Waals surface area contributed by atoms with Crippen LogP contribution in [-0.2, 0) is 14.3 Å². The molecule has 0 aromatic heterocycles. The van der Waals surface area contributed by atoms with Gasteiger partial charge < -0.3 is 19.7 Å². The van der Waals surface area contributed by atoms with Crippen molar-refractivity contribution in [3.8, 4) is 0 Å². The smallest absolute Gasteiger partial charge is 0.174 e. The molecule has 11 rings (SSSR count). The third kappa shape index (κ3) is 6.34. The van der Waals surface area contributed by atoms with Crippen molar-refractivity contribution in [1.29, 1.82) is 0 Å². The molecular weight excluding hydrogens is 761 g/mol. The van der Waals surface area contributed by atoms with E-state index in [4.69, 9.17) is 9.47 Å². The zero-order chi connectivity index (χ0) is 36.2. The highest BCUT2D eigenvalue weighted by Gasteiger charge is 2.69. The maximum atomic E-state index is 12.7. The van der Waals surface area contributed by atoms with Crippen molar-refractivity contribution in [3.63, 3.8) is 0 Å². The van der Waals surface area contributed by atoms with Crippen LogP contribution >= 0.6 is 47.0 Å². The topological polar surface area (TPSA) is 76.0 Å². The number of ketones is 1. The normalized spacial score (nSPS) is 46.4. The fourth-order valence-corrected chi connectivity index (χ4v) is 22.0. The minimum absolute atomic E-state index is 0. The van der Waals surface area contributed by atoms with Crippen LogP contribution in [0.2, 0.25) is 0 Å². The minimum atomic E-state index is -0.401. The number of aliphatic hydroxyl groups excluding tert-OH is 2. The first-order valence-electron chi connectivity index (χ1n) is 21.9. The van der Waals surface area contributed by atoms with Crippen LogP contribution in [0.5, 0.6) is 0 Å². The highest BCUT2D eigenvalue weighted by atomic mass is 32.2. The van der Waals surface area contributed by atoms with Gasteiger partial charge in [-0.1, -0.05) is 52.0 Å². The SMILES string of the molecule is C.C.CC[C@]12C[C@@H](O)C3C4CCC5(C=C4CCC3C1CCC21OCCO1)SCCS5.CC[C@]12C[C@@H](O)C3C4CCC5(C=C4CCC3C1CCC2=O)SCCS5. The van der Waals surface area contributed by atoms with E-state index < -0.39 is 5.79 Å². The molecular formula is C46H72O5S4. The third-order valence-corrected chi connectivity index (χ3v) is 24.5. The summed E-state index contributed by atoms with van der Waals surface area (Å²) in [4.78, 5) is 12.7. The molecule has 2 N–H and O–H groups in total. The summed E-state index contributed by atoms with van der Waals surface area (Å²) in [6, 6.07) is 0. The van der Waals surface area contributed by atoms with Crippen LogP contribution in [0.15, 0.2) is 23.3 Å². The van der Waals surface area contributed by atoms with E-state index in [2.05, 4.69) is 73.0 Å². The fraction of sp³-hybridized carbons (Fsp3) is 0.891. The Morgan fingerprint density at radius 3 is 1.71 bits per heavy atom. The van der Waals surface area contributed by atoms with Crippen molar-refractivity contribution >= 4 is 52.8 Å². The molecule has 3 spiro atoms. The van der Waals surface area contributed by atoms with E-state index in [1.807, 2.05) is 0 Å². The lowest BCUT2D eigenvalue weighted by atomic mass is 9.49. The predicted molar refractivity (Wildman–Crippen MR) is 235 cm³/mol. The molecule has 310 valence electrons. The Labute approximate surface area is 350 Å². The quantitative estimate of drug-likeness (QED) is 0.265. The molecule has 9 heteroatoms. The maximum Gasteiger partial charge on any atom is 0.174 e. The molecule has 3 aliphatic heterocycles. The van der Waals surface area contributed by atoms with Crippen molar-refractivity contribution < 1.29 is 24.5 Å². The van der Waals surface area contributed by atoms with Crippen LogP contribution in [-0.4, -0.2) is 78.4 Å². The number of thioether (sulfide) groups is 4. The molecule has 9 fully saturated rings. The summed E-state index contributed by atoms with van der Waals surface area (Å²) >= 11 is 8.65. The monoisotopic (exact) mass is 832 g/mol. The maximum absolute atomic E-state index is 12.7. The second-order valence-electron chi connectivity index (χ2n) is 19.0. The molecule has 0 bridgehead atoms. The molecule has 5 nitrogen and oxygen atoms in total. The fourth-order valence-electron chi connectivity index (χ4n) is 15.7. The van der Waals surface area contributed by atoms with Gasteiger partial charge in [-0.25, -0.2) is 0 Å². The van der Waals surface area contributed by atoms with Crippen LogP contribution < -0.4 is 0 Å². The molecule has 0 aromatic carbocycles. The Morgan fingerprint density at radius 1 is 0.655 bits per heavy atom. The van der Waals surface area contributed by atoms with Gasteiger partial charge in [-0.2, -0.15) is 0 Å². The Bertz CT molecular complexity index is 1500. The molecule has 55 heavy (non-hydrogen) atoms. The van der Waals surface area contributed by atoms with Gasteiger partial charge in [0.1, 0.15) is 5.78 Å². The van der Waals surface area contributed by atoms with Crippen molar-refractivity contribution in [3.05, 3.63) is 23.3 Å². The van der Waals surface area contributed by atoms with E-state index in [1.165, 1.54) is 80.8 Å². The standard InChI is InChI=1S/C23H34O3S2.C21H30O2S2.2CH4/c1-2-21-14-19(24)20-16-5-7-22(27-11-12-28-22)13-15(16)3-4-17(20)18(21)6-8-23(21)25-9-10-26-23;1-2-20-12-17(22)19-14-7-8-21(24-9-10-25-21)11-13(14)3-4-15(19)16(20)5-6-18(20)23;;/h13,16-20,24H,2-12,14H2,1H3;11,14-17,19,22H,2-10,12H2,1H3;2*1H4/t16?,17?,18?,19-,20?,21+;14?,15?,16?,17-,19?,20+;;/m11../s1. The van der Waals surface area contributed by atoms with Gasteiger partial charge in [-0.15, -0.1) is 47.0 Å². The summed E-state index contributed by atoms with van der Waals surface area (Å²) in [6.07, 6.45) is 22.6. The zero-order valence-corrected chi connectivity index (χ0v) is 35.5. The van der Waals surface area contributed by atoms with Crippen molar-refractivity contribution in [2.75, 3.05) is 36.2 Å². The van der Waals surface area contributed by atoms with Gasteiger partial charge in [0.2, 0.25) is 0 Å². The molecule has 0 aromatic rings. The number of carbonyl (C=O) groups is 1. The van der Waals surface area contributed by atoms with Crippen LogP contribution in [0.3, 0.4) is 0 Å². The van der Waals surface area contributed by atoms with E-state index in [0.29, 0.717) is 61.3 Å². The number of fused-ring (bicyclic) bond motifs is 11. The lowest BCUT2D eigenvalue weighted by Crippen LogP contribution is -2.59. The molecule has 8 unspecified atom stereocenters. The Balaban J connectivity index is 0.000000151. The van der Waals surface area contributed by atoms with E-state index in [9.17, 15) is 15.0 Å². The second-order valence-corrected chi connectivity index (χ2v) is 25.3. The Morgan fingerprint density at radius 2 is 1.18 bits per heavy atom. The van der Waals surface area contributed by atoms with Gasteiger partial charge >= 0.3 is 0 Å². The molecule has 11 aliphatic rings. The summed E-state index contributed by atoms with van der Waals surface area (Å²) < 4.78 is 13.4. The van der Waals surface area contributed by atoms with E-state index in [-0.39, 0.29) is 37.9 Å². The molecule has 3 saturated heterocycles. The molecule has 6 saturated carbocycles. The predicted octanol–water partition coefficient (Wildman–Crippen LogP) is 10.8. The van der Waals surface area contributed by atoms with Crippen molar-refractivity contribution in [2.24, 2.45) is 58.2 Å². The van der Waals surface area contributed by atoms with Crippen LogP contribution in [0.4, 0.5) is 0 Å². The van der Waals surface area contributed by atoms with E-state index >= 15 is 0 Å². The lowest BCUT2D eigenvalue weighted by Gasteiger charge is -2.58. The van der Waals surface area contributed by atoms with Gasteiger partial charge in [0, 0.05) is 46.7 Å². The van der Waals surface area contributed by atoms with Crippen LogP contribution in [0.1, 0.15) is 131 Å². The summed E-state index contributed by atoms with van der Waals surface area (Å²) in [5, 5.41) is 22.7. The first kappa shape index (κ1) is 42.1. The average Bonchev–Trinajstić information content (AvgIpc) is 4.03. The average molecular weight is 833 g/mol. The van der Waals surface area contributed by atoms with Gasteiger partial charge in [0.05, 0.1) is 33.6 Å². The van der Waals surface area contributed by atoms with Crippen molar-refractivity contribution in [1.82, 2.24) is 0 Å². The first-order valence-corrected chi connectivity index (χ1v) is 25.8. The van der Waals surface area contributed by atoms with Crippen LogP contribution in [0.25, 0.3) is 0 Å². The molecule has 0 radical (unpaired) electrons. The van der Waals surface area contributed by atoms with Gasteiger partial charge in [0.15, 0.2) is 5.79 Å². The molecule has 8 aliphatic carbocycles. The number of aliphatic hydroxyl groups is 2. The van der Waals surface area contributed by atoms with Crippen molar-refractivity contribution in [2.45, 2.75) is 158 Å². The minimum Gasteiger partial charge on any atom is -0.393 e. The summed E-state index contributed by atoms with van der Waals surface area (Å²) in [5.74, 6) is 9.78. The Hall–Kier alpha value is 0.390. The highest BCUT2D eigenvalue weighted by Crippen LogP contribution is 2.69. The number of rotatable bonds is 2. The zero-order valence-electron chi connectivity index (χ0n) is 32.2. The van der Waals surface area contributed by atoms with Gasteiger partial charge in [-0.3, -0.25) is 4.79 Å². The van der Waals surface area contributed by atoms with Gasteiger partial charge in [-0.05, 0) is 137 Å². The second kappa shape index (κ2) is 15.7. The number of allylic oxidation sites excluding steroid dienone is 2. The number of hydrogen-bond acceptors (Lipinski definition) is 9. The summed E-state index contributed by atoms with van der Waals surface area (Å²) in [5.41, 5.74) is 3.19. The molecule has 0 amide bonds. The lowest BCUT2D eigenvalue weighted by molar-refractivity contribution is -0.261. The number of Topliss-reactive ketones (excluding diaryl/α,β-unsaturated/α-hetero) is 1. The largest absolute Gasteiger partial charge is 0.393 e. The van der Waals surface area contributed by atoms with E-state index in [0.717, 1.165) is 58.2 Å².